The van der Waals surface area contributed by atoms with Gasteiger partial charge in [-0.25, -0.2) is 15.0 Å². The van der Waals surface area contributed by atoms with E-state index in [1.165, 1.54) is 6.33 Å². The van der Waals surface area contributed by atoms with Crippen LogP contribution < -0.4 is 11.1 Å². The van der Waals surface area contributed by atoms with Crippen molar-refractivity contribution < 1.29 is 0 Å². The van der Waals surface area contributed by atoms with E-state index in [0.29, 0.717) is 11.6 Å². The summed E-state index contributed by atoms with van der Waals surface area (Å²) in [5, 5.41) is 3.34. The fraction of sp³-hybridized carbons (Fsp3) is 0.0556. The van der Waals surface area contributed by atoms with Crippen molar-refractivity contribution in [2.24, 2.45) is 0 Å². The number of nitrogen functional groups attached to an aromatic ring is 1. The molecule has 6 nitrogen and oxygen atoms in total. The zero-order chi connectivity index (χ0) is 16.5. The van der Waals surface area contributed by atoms with Crippen LogP contribution in [0.15, 0.2) is 61.1 Å². The molecule has 0 saturated carbocycles. The topological polar surface area (TPSA) is 81.6 Å². The number of rotatable bonds is 3. The molecule has 24 heavy (non-hydrogen) atoms. The molecule has 0 saturated heterocycles. The molecular weight excluding hydrogens is 300 g/mol. The maximum Gasteiger partial charge on any atom is 0.214 e. The summed E-state index contributed by atoms with van der Waals surface area (Å²) in [6.07, 6.45) is 3.25. The molecule has 2 heterocycles. The van der Waals surface area contributed by atoms with Gasteiger partial charge in [-0.1, -0.05) is 18.2 Å². The lowest BCUT2D eigenvalue weighted by molar-refractivity contribution is 1.00. The summed E-state index contributed by atoms with van der Waals surface area (Å²) in [6, 6.07) is 15.5. The second kappa shape index (κ2) is 5.66. The lowest BCUT2D eigenvalue weighted by Crippen LogP contribution is -2.04. The number of aromatic nitrogens is 4. The Hall–Kier alpha value is -3.41. The Morgan fingerprint density at radius 1 is 1.08 bits per heavy atom. The molecule has 6 heteroatoms. The van der Waals surface area contributed by atoms with Crippen LogP contribution >= 0.6 is 0 Å². The molecule has 0 unspecified atom stereocenters. The third-order valence-electron chi connectivity index (χ3n) is 3.83. The van der Waals surface area contributed by atoms with E-state index in [2.05, 4.69) is 15.3 Å². The van der Waals surface area contributed by atoms with Crippen LogP contribution in [0.25, 0.3) is 16.9 Å². The van der Waals surface area contributed by atoms with Crippen molar-refractivity contribution >= 4 is 28.4 Å². The number of fused-ring (bicyclic) bond motifs is 1. The minimum absolute atomic E-state index is 0.684. The van der Waals surface area contributed by atoms with Gasteiger partial charge in [0, 0.05) is 17.6 Å². The van der Waals surface area contributed by atoms with E-state index in [1.807, 2.05) is 60.0 Å². The predicted molar refractivity (Wildman–Crippen MR) is 95.5 cm³/mol. The molecule has 2 aromatic carbocycles. The van der Waals surface area contributed by atoms with E-state index in [-0.39, 0.29) is 0 Å². The molecule has 0 aliphatic heterocycles. The van der Waals surface area contributed by atoms with E-state index in [9.17, 15) is 0 Å². The Bertz CT molecular complexity index is 1010. The van der Waals surface area contributed by atoms with Gasteiger partial charge in [-0.3, -0.25) is 4.57 Å². The lowest BCUT2D eigenvalue weighted by atomic mass is 10.2. The quantitative estimate of drug-likeness (QED) is 0.566. The fourth-order valence-corrected chi connectivity index (χ4v) is 2.72. The number of nitrogens with two attached hydrogens (primary N) is 1. The van der Waals surface area contributed by atoms with Gasteiger partial charge in [0.2, 0.25) is 5.95 Å². The van der Waals surface area contributed by atoms with Gasteiger partial charge in [0.1, 0.15) is 12.1 Å². The standard InChI is InChI=1S/C18H16N6/c1-12-4-2-7-15-17(12)23-18(22-14-6-3-5-13(19)10-14)24(15)16-8-9-20-11-21-16/h2-11H,19H2,1H3,(H,22,23). The monoisotopic (exact) mass is 316 g/mol. The first-order valence-corrected chi connectivity index (χ1v) is 7.59. The highest BCUT2D eigenvalue weighted by Gasteiger charge is 2.14. The minimum atomic E-state index is 0.684. The number of aryl methyl sites for hydroxylation is 1. The zero-order valence-corrected chi connectivity index (χ0v) is 13.1. The summed E-state index contributed by atoms with van der Waals surface area (Å²) in [4.78, 5) is 13.1. The highest BCUT2D eigenvalue weighted by molar-refractivity contribution is 5.84. The van der Waals surface area contributed by atoms with Gasteiger partial charge < -0.3 is 11.1 Å². The van der Waals surface area contributed by atoms with Crippen LogP contribution in [0.2, 0.25) is 0 Å². The van der Waals surface area contributed by atoms with Crippen LogP contribution in [-0.2, 0) is 0 Å². The first kappa shape index (κ1) is 14.2. The van der Waals surface area contributed by atoms with Crippen LogP contribution in [0, 0.1) is 6.92 Å². The first-order valence-electron chi connectivity index (χ1n) is 7.59. The van der Waals surface area contributed by atoms with E-state index in [0.717, 1.165) is 28.1 Å². The predicted octanol–water partition coefficient (Wildman–Crippen LogP) is 3.45. The third-order valence-corrected chi connectivity index (χ3v) is 3.83. The average molecular weight is 316 g/mol. The van der Waals surface area contributed by atoms with Crippen molar-refractivity contribution in [2.75, 3.05) is 11.1 Å². The maximum absolute atomic E-state index is 5.87. The number of hydrogen-bond donors (Lipinski definition) is 2. The number of benzene rings is 2. The third kappa shape index (κ3) is 2.44. The minimum Gasteiger partial charge on any atom is -0.399 e. The van der Waals surface area contributed by atoms with Gasteiger partial charge in [-0.15, -0.1) is 0 Å². The molecule has 3 N–H and O–H groups in total. The number of nitrogens with zero attached hydrogens (tertiary/aromatic N) is 4. The molecule has 0 spiro atoms. The Morgan fingerprint density at radius 3 is 2.75 bits per heavy atom. The smallest absolute Gasteiger partial charge is 0.214 e. The molecule has 0 fully saturated rings. The zero-order valence-electron chi connectivity index (χ0n) is 13.1. The van der Waals surface area contributed by atoms with Crippen molar-refractivity contribution in [3.05, 3.63) is 66.6 Å². The molecule has 4 aromatic rings. The number of anilines is 3. The largest absolute Gasteiger partial charge is 0.399 e. The maximum atomic E-state index is 5.87. The number of hydrogen-bond acceptors (Lipinski definition) is 5. The molecule has 118 valence electrons. The Morgan fingerprint density at radius 2 is 1.96 bits per heavy atom. The van der Waals surface area contributed by atoms with Crippen LogP contribution in [0.1, 0.15) is 5.56 Å². The van der Waals surface area contributed by atoms with Crippen LogP contribution in [0.4, 0.5) is 17.3 Å². The Kier molecular flexibility index (Phi) is 3.35. The molecule has 0 aliphatic rings. The average Bonchev–Trinajstić information content (AvgIpc) is 2.95. The van der Waals surface area contributed by atoms with E-state index in [4.69, 9.17) is 10.7 Å². The van der Waals surface area contributed by atoms with Crippen molar-refractivity contribution in [3.8, 4) is 5.82 Å². The van der Waals surface area contributed by atoms with Gasteiger partial charge in [-0.2, -0.15) is 0 Å². The van der Waals surface area contributed by atoms with Crippen molar-refractivity contribution in [1.82, 2.24) is 19.5 Å². The summed E-state index contributed by atoms with van der Waals surface area (Å²) in [6.45, 7) is 2.05. The van der Waals surface area contributed by atoms with Gasteiger partial charge >= 0.3 is 0 Å². The van der Waals surface area contributed by atoms with Gasteiger partial charge in [0.15, 0.2) is 0 Å². The Balaban J connectivity index is 1.92. The van der Waals surface area contributed by atoms with Gasteiger partial charge in [0.25, 0.3) is 0 Å². The van der Waals surface area contributed by atoms with Gasteiger partial charge in [-0.05, 0) is 42.8 Å². The van der Waals surface area contributed by atoms with E-state index < -0.39 is 0 Å². The fourth-order valence-electron chi connectivity index (χ4n) is 2.72. The number of imidazole rings is 1. The van der Waals surface area contributed by atoms with E-state index >= 15 is 0 Å². The second-order valence-corrected chi connectivity index (χ2v) is 5.53. The van der Waals surface area contributed by atoms with Crippen LogP contribution in [0.3, 0.4) is 0 Å². The summed E-state index contributed by atoms with van der Waals surface area (Å²) in [5.74, 6) is 1.44. The summed E-state index contributed by atoms with van der Waals surface area (Å²) in [7, 11) is 0. The lowest BCUT2D eigenvalue weighted by Gasteiger charge is -2.10. The van der Waals surface area contributed by atoms with E-state index in [1.54, 1.807) is 6.20 Å². The molecule has 4 rings (SSSR count). The van der Waals surface area contributed by atoms with Crippen molar-refractivity contribution in [2.45, 2.75) is 6.92 Å². The molecule has 0 radical (unpaired) electrons. The normalized spacial score (nSPS) is 10.9. The first-order chi connectivity index (χ1) is 11.7. The van der Waals surface area contributed by atoms with Gasteiger partial charge in [0.05, 0.1) is 11.0 Å². The van der Waals surface area contributed by atoms with Crippen molar-refractivity contribution in [3.63, 3.8) is 0 Å². The molecule has 0 bridgehead atoms. The Labute approximate surface area is 139 Å². The molecule has 0 aliphatic carbocycles. The molecule has 0 amide bonds. The van der Waals surface area contributed by atoms with Crippen LogP contribution in [-0.4, -0.2) is 19.5 Å². The summed E-state index contributed by atoms with van der Waals surface area (Å²) >= 11 is 0. The highest BCUT2D eigenvalue weighted by Crippen LogP contribution is 2.28. The number of nitrogens with one attached hydrogen (secondary N) is 1. The molecular formula is C18H16N6. The summed E-state index contributed by atoms with van der Waals surface area (Å²) < 4.78 is 1.98. The van der Waals surface area contributed by atoms with Crippen LogP contribution in [0.5, 0.6) is 0 Å². The second-order valence-electron chi connectivity index (χ2n) is 5.53. The number of para-hydroxylation sites is 1. The van der Waals surface area contributed by atoms with Crippen molar-refractivity contribution in [1.29, 1.82) is 0 Å². The highest BCUT2D eigenvalue weighted by atomic mass is 15.2. The summed E-state index contributed by atoms with van der Waals surface area (Å²) in [5.41, 5.74) is 10.5. The molecule has 2 aromatic heterocycles. The SMILES string of the molecule is Cc1cccc2c1nc(Nc1cccc(N)c1)n2-c1ccncn1. The molecule has 0 atom stereocenters.